The lowest BCUT2D eigenvalue weighted by Gasteiger charge is -2.36. The Balaban J connectivity index is 0.000000468. The summed E-state index contributed by atoms with van der Waals surface area (Å²) >= 11 is 3.37. The van der Waals surface area contributed by atoms with E-state index in [1.807, 2.05) is 98.7 Å². The van der Waals surface area contributed by atoms with Crippen molar-refractivity contribution < 1.29 is 112 Å². The van der Waals surface area contributed by atoms with Gasteiger partial charge in [0.1, 0.15) is 46.6 Å². The Hall–Kier alpha value is -6.85. The van der Waals surface area contributed by atoms with Crippen molar-refractivity contribution in [2.75, 3.05) is 34.7 Å². The van der Waals surface area contributed by atoms with Gasteiger partial charge in [-0.2, -0.15) is 0 Å². The molecule has 0 saturated heterocycles. The lowest BCUT2D eigenvalue weighted by Crippen LogP contribution is -2.40. The van der Waals surface area contributed by atoms with Crippen molar-refractivity contribution in [1.82, 2.24) is 34.1 Å². The number of rotatable bonds is 41. The number of nitrogens with zero attached hydrogens (tertiary/aromatic N) is 4. The van der Waals surface area contributed by atoms with Crippen LogP contribution in [0.25, 0.3) is 0 Å². The highest BCUT2D eigenvalue weighted by atomic mass is 35.5. The van der Waals surface area contributed by atoms with Crippen LogP contribution in [-0.4, -0.2) is 156 Å². The minimum atomic E-state index is -4.28. The summed E-state index contributed by atoms with van der Waals surface area (Å²) in [7, 11) is -11.7. The van der Waals surface area contributed by atoms with Crippen molar-refractivity contribution in [2.45, 2.75) is 377 Å². The molecule has 141 heavy (non-hydrogen) atoms. The molecule has 0 bridgehead atoms. The number of aliphatic carboxylic acids is 1. The quantitative estimate of drug-likeness (QED) is 0.0159. The number of thiazole rings is 4. The number of aryl methyl sites for hydroxylation is 1. The number of carbonyl (C=O) groups excluding carboxylic acids is 3. The van der Waals surface area contributed by atoms with Crippen LogP contribution in [-0.2, 0) is 183 Å². The van der Waals surface area contributed by atoms with E-state index in [4.69, 9.17) is 28.5 Å². The summed E-state index contributed by atoms with van der Waals surface area (Å²) in [5.41, 5.74) is 11.0. The molecule has 0 aliphatic rings. The Morgan fingerprint density at radius 1 is 0.362 bits per heavy atom. The summed E-state index contributed by atoms with van der Waals surface area (Å²) in [4.78, 5) is 66.9. The summed E-state index contributed by atoms with van der Waals surface area (Å²) < 4.78 is 135. The standard InChI is InChI=1S/C29H48N2O6S2Si.2C23H34N2O6S2.C16H24O3.C9H15NO3S2.ClH/c1-18(2)21-13-20(16-36-10)14-22(19(3)4)23(21)15-25(32)31-39(34,35)26-24(30-27(38-26)29(8,9)33)17-37-40(11,12)28(5,6)7;2*1-13(2)16-8-15(12-31-7)9-17(14(3)4)18(16)10-20(27)25-33(29,30)21-19(11-26)24-22(32-21)23(5,6)28;1-10(2)13-6-12(9-19-5)7-14(11(3)4)15(13)8-16(17)18;1-5-6-7(15(4,12)13)14-8(10-6)9(2,3)11;/h13-14,18-19,33H,15-17H2,1-12H3,(H,31,32);2*8-9,13-14,26,28H,10-12H2,1-7H3,(H,25,27);6-7,10-11H,8-9H2,1-5H3,(H,17,18);11H,5H2,1-4H3;1H. The first-order valence-corrected chi connectivity index (χ1v) is 59.0. The molecule has 0 unspecified atom stereocenters. The number of sulfonamides is 3. The maximum Gasteiger partial charge on any atom is 0.307 e. The van der Waals surface area contributed by atoms with E-state index in [-0.39, 0.29) is 134 Å². The van der Waals surface area contributed by atoms with E-state index in [0.29, 0.717) is 55.4 Å². The molecule has 41 heteroatoms. The number of halogens is 1. The number of carboxylic acids is 1. The molecule has 0 aliphatic heterocycles. The van der Waals surface area contributed by atoms with E-state index in [1.54, 1.807) is 56.1 Å². The van der Waals surface area contributed by atoms with E-state index in [0.717, 1.165) is 141 Å². The van der Waals surface area contributed by atoms with Crippen LogP contribution in [0.5, 0.6) is 0 Å². The fraction of sp³-hybridized carbons (Fsp3) is 0.600. The highest BCUT2D eigenvalue weighted by molar-refractivity contribution is 7.93. The highest BCUT2D eigenvalue weighted by Gasteiger charge is 2.41. The average Bonchev–Trinajstić information content (AvgIpc) is 1.61. The fourth-order valence-electron chi connectivity index (χ4n) is 14.7. The normalized spacial score (nSPS) is 12.6. The van der Waals surface area contributed by atoms with Crippen molar-refractivity contribution in [1.29, 1.82) is 0 Å². The number of methoxy groups -OCH3 is 4. The molecule has 0 fully saturated rings. The van der Waals surface area contributed by atoms with Gasteiger partial charge in [-0.3, -0.25) is 19.2 Å². The van der Waals surface area contributed by atoms with Crippen LogP contribution >= 0.6 is 57.8 Å². The molecule has 0 spiro atoms. The second-order valence-corrected chi connectivity index (χ2v) is 57.6. The minimum Gasteiger partial charge on any atom is -0.481 e. The first-order chi connectivity index (χ1) is 64.0. The largest absolute Gasteiger partial charge is 0.481 e. The Labute approximate surface area is 861 Å². The van der Waals surface area contributed by atoms with Gasteiger partial charge >= 0.3 is 5.97 Å². The summed E-state index contributed by atoms with van der Waals surface area (Å²) in [5, 5.41) is 69.8. The fourth-order valence-corrected chi connectivity index (χ4v) is 25.4. The molecule has 31 nitrogen and oxygen atoms in total. The third-order valence-corrected chi connectivity index (χ3v) is 40.4. The van der Waals surface area contributed by atoms with Crippen LogP contribution < -0.4 is 14.2 Å². The minimum absolute atomic E-state index is 0. The molecule has 0 atom stereocenters. The SMILES string of the molecule is CCc1nc(C(C)(C)O)sc1S(C)(=O)=O.COCc1cc(C(C)C)c(CC(=O)NS(=O)(=O)c2sc(C(C)(C)O)nc2CO)c(C(C)C)c1.COCc1cc(C(C)C)c(CC(=O)NS(=O)(=O)c2sc(C(C)(C)O)nc2CO)c(C(C)C)c1.COCc1cc(C(C)C)c(CC(=O)NS(=O)(=O)c2sc(C(C)(C)O)nc2CO[Si](C)(C)C(C)(C)C)c(C(C)C)c1.COCc1cc(C(C)C)c(CC(=O)O)c(C(C)C)c1.Cl. The molecule has 8 aromatic rings. The number of ether oxygens (including phenoxy) is 4. The molecule has 8 rings (SSSR count). The molecule has 4 heterocycles. The summed E-state index contributed by atoms with van der Waals surface area (Å²) in [6, 6.07) is 16.2. The Kier molecular flexibility index (Phi) is 48.4. The smallest absolute Gasteiger partial charge is 0.307 e. The highest BCUT2D eigenvalue weighted by Crippen LogP contribution is 2.42. The summed E-state index contributed by atoms with van der Waals surface area (Å²) in [5.74, 6) is -1.40. The van der Waals surface area contributed by atoms with E-state index in [2.05, 4.69) is 135 Å². The van der Waals surface area contributed by atoms with E-state index in [1.165, 1.54) is 27.7 Å². The van der Waals surface area contributed by atoms with E-state index in [9.17, 15) is 83.5 Å². The number of hydrogen-bond donors (Lipinski definition) is 10. The first-order valence-electron chi connectivity index (χ1n) is 46.5. The summed E-state index contributed by atoms with van der Waals surface area (Å²) in [6.07, 6.45) is 1.50. The third kappa shape index (κ3) is 36.9. The molecule has 10 N–H and O–H groups in total. The first kappa shape index (κ1) is 128. The number of aliphatic hydroxyl groups excluding tert-OH is 2. The van der Waals surface area contributed by atoms with Gasteiger partial charge in [-0.1, -0.05) is 187 Å². The molecule has 3 amide bonds. The maximum absolute atomic E-state index is 13.6. The molecule has 794 valence electrons. The molecule has 4 aromatic heterocycles. The Morgan fingerprint density at radius 3 is 0.745 bits per heavy atom. The number of amides is 3. The van der Waals surface area contributed by atoms with Crippen molar-refractivity contribution in [3.8, 4) is 0 Å². The lowest BCUT2D eigenvalue weighted by atomic mass is 9.85. The van der Waals surface area contributed by atoms with Gasteiger partial charge in [0.15, 0.2) is 30.8 Å². The predicted octanol–water partition coefficient (Wildman–Crippen LogP) is 18.4. The zero-order valence-corrected chi connectivity index (χ0v) is 97.1. The van der Waals surface area contributed by atoms with Gasteiger partial charge in [-0.25, -0.2) is 67.8 Å². The molecule has 4 aromatic carbocycles. The maximum atomic E-state index is 13.6. The van der Waals surface area contributed by atoms with Crippen LogP contribution in [0.2, 0.25) is 18.1 Å². The third-order valence-electron chi connectivity index (χ3n) is 22.6. The number of sulfone groups is 1. The van der Waals surface area contributed by atoms with Gasteiger partial charge in [0.25, 0.3) is 30.1 Å². The van der Waals surface area contributed by atoms with Gasteiger partial charge < -0.3 is 59.1 Å². The van der Waals surface area contributed by atoms with Gasteiger partial charge in [-0.15, -0.1) is 57.8 Å². The second-order valence-electron chi connectivity index (χ2n) is 40.9. The lowest BCUT2D eigenvalue weighted by molar-refractivity contribution is -0.136. The van der Waals surface area contributed by atoms with Gasteiger partial charge in [0.05, 0.1) is 94.7 Å². The Morgan fingerprint density at radius 2 is 0.567 bits per heavy atom. The second kappa shape index (κ2) is 53.2. The van der Waals surface area contributed by atoms with Crippen molar-refractivity contribution in [3.63, 3.8) is 0 Å². The number of nitrogens with one attached hydrogen (secondary N) is 3. The zero-order valence-electron chi connectivity index (χ0n) is 88.8. The molecular weight excluding hydrogens is 2000 g/mol. The van der Waals surface area contributed by atoms with Crippen LogP contribution in [0.3, 0.4) is 0 Å². The van der Waals surface area contributed by atoms with Gasteiger partial charge in [0.2, 0.25) is 17.7 Å². The number of hydrogen-bond acceptors (Lipinski definition) is 31. The van der Waals surface area contributed by atoms with Crippen LogP contribution in [0, 0.1) is 0 Å². The van der Waals surface area contributed by atoms with Crippen molar-refractivity contribution in [3.05, 3.63) is 180 Å². The number of benzene rings is 4. The van der Waals surface area contributed by atoms with E-state index < -0.39 is 108 Å². The molecular formula is C100H156ClN7O24S8Si. The molecule has 0 aliphatic carbocycles. The van der Waals surface area contributed by atoms with Crippen molar-refractivity contribution in [2.24, 2.45) is 0 Å². The molecule has 0 radical (unpaired) electrons. The van der Waals surface area contributed by atoms with Gasteiger partial charge in [0, 0.05) is 34.7 Å². The topological polar surface area (TPSA) is 480 Å². The number of aromatic nitrogens is 4. The number of carboxylic acid groups (broad SMARTS) is 1. The van der Waals surface area contributed by atoms with Gasteiger partial charge in [-0.05, 0) is 216 Å². The Bertz CT molecular complexity index is 5750. The zero-order chi connectivity index (χ0) is 108. The number of carbonyl (C=O) groups is 4. The average molecular weight is 2160 g/mol. The van der Waals surface area contributed by atoms with Crippen LogP contribution in [0.1, 0.15) is 373 Å². The number of aliphatic hydroxyl groups is 6. The van der Waals surface area contributed by atoms with Crippen LogP contribution in [0.4, 0.5) is 0 Å². The monoisotopic (exact) mass is 2160 g/mol. The predicted molar refractivity (Wildman–Crippen MR) is 563 cm³/mol. The van der Waals surface area contributed by atoms with E-state index >= 15 is 0 Å². The van der Waals surface area contributed by atoms with Crippen LogP contribution in [0.15, 0.2) is 65.4 Å². The molecule has 0 saturated carbocycles. The van der Waals surface area contributed by atoms with Crippen molar-refractivity contribution >= 4 is 130 Å². The summed E-state index contributed by atoms with van der Waals surface area (Å²) in [6.45, 7) is 57.9.